The van der Waals surface area contributed by atoms with Gasteiger partial charge in [0.1, 0.15) is 0 Å². The number of nitro benzene ring substituents is 1. The van der Waals surface area contributed by atoms with Crippen molar-refractivity contribution in [1.29, 1.82) is 0 Å². The molecule has 1 aromatic carbocycles. The first-order valence-electron chi connectivity index (χ1n) is 3.73. The molecule has 0 bridgehead atoms. The van der Waals surface area contributed by atoms with Gasteiger partial charge >= 0.3 is 5.97 Å². The van der Waals surface area contributed by atoms with Gasteiger partial charge in [-0.1, -0.05) is 27.5 Å². The number of hydrogen-bond acceptors (Lipinski definition) is 3. The molecule has 0 saturated carbocycles. The predicted molar refractivity (Wildman–Crippen MR) is 57.7 cm³/mol. The zero-order valence-corrected chi connectivity index (χ0v) is 9.58. The summed E-state index contributed by atoms with van der Waals surface area (Å²) in [6, 6.07) is 2.18. The number of rotatable bonds is 3. The van der Waals surface area contributed by atoms with Gasteiger partial charge in [-0.25, -0.2) is 4.79 Å². The molecule has 15 heavy (non-hydrogen) atoms. The predicted octanol–water partition coefficient (Wildman–Crippen LogP) is 2.84. The molecular formula is C8H5BrClNO4. The van der Waals surface area contributed by atoms with E-state index in [0.717, 1.165) is 6.07 Å². The van der Waals surface area contributed by atoms with Gasteiger partial charge in [0.2, 0.25) is 0 Å². The number of nitro groups is 1. The molecular weight excluding hydrogens is 289 g/mol. The highest BCUT2D eigenvalue weighted by Gasteiger charge is 2.18. The third-order valence-electron chi connectivity index (χ3n) is 1.72. The van der Waals surface area contributed by atoms with Crippen molar-refractivity contribution < 1.29 is 14.8 Å². The minimum Gasteiger partial charge on any atom is -0.478 e. The molecule has 0 unspecified atom stereocenters. The lowest BCUT2D eigenvalue weighted by Crippen LogP contribution is -2.01. The number of carbonyl (C=O) groups is 1. The Balaban J connectivity index is 3.45. The molecule has 1 aromatic rings. The smallest absolute Gasteiger partial charge is 0.337 e. The fourth-order valence-corrected chi connectivity index (χ4v) is 1.89. The fraction of sp³-hybridized carbons (Fsp3) is 0.125. The van der Waals surface area contributed by atoms with Crippen LogP contribution in [0.25, 0.3) is 0 Å². The third-order valence-corrected chi connectivity index (χ3v) is 2.77. The number of benzene rings is 1. The summed E-state index contributed by atoms with van der Waals surface area (Å²) >= 11 is 8.82. The van der Waals surface area contributed by atoms with Crippen molar-refractivity contribution in [3.05, 3.63) is 38.4 Å². The van der Waals surface area contributed by atoms with Crippen molar-refractivity contribution in [3.63, 3.8) is 0 Å². The Morgan fingerprint density at radius 1 is 1.60 bits per heavy atom. The molecule has 7 heteroatoms. The zero-order valence-electron chi connectivity index (χ0n) is 7.24. The Kier molecular flexibility index (Phi) is 3.65. The maximum Gasteiger partial charge on any atom is 0.337 e. The first-order valence-corrected chi connectivity index (χ1v) is 5.23. The molecule has 0 amide bonds. The summed E-state index contributed by atoms with van der Waals surface area (Å²) < 4.78 is 0. The summed E-state index contributed by atoms with van der Waals surface area (Å²) in [5, 5.41) is 19.6. The molecule has 0 radical (unpaired) electrons. The van der Waals surface area contributed by atoms with Crippen LogP contribution >= 0.6 is 27.5 Å². The first kappa shape index (κ1) is 11.9. The molecule has 80 valence electrons. The highest BCUT2D eigenvalue weighted by atomic mass is 79.9. The molecule has 1 rings (SSSR count). The lowest BCUT2D eigenvalue weighted by atomic mass is 10.1. The number of aromatic carboxylic acids is 1. The van der Waals surface area contributed by atoms with Crippen LogP contribution in [-0.4, -0.2) is 16.0 Å². The van der Waals surface area contributed by atoms with Gasteiger partial charge in [0.25, 0.3) is 5.69 Å². The van der Waals surface area contributed by atoms with Gasteiger partial charge in [0, 0.05) is 17.5 Å². The lowest BCUT2D eigenvalue weighted by Gasteiger charge is -2.04. The average molecular weight is 294 g/mol. The minimum atomic E-state index is -1.29. The van der Waals surface area contributed by atoms with Crippen LogP contribution in [-0.2, 0) is 5.33 Å². The summed E-state index contributed by atoms with van der Waals surface area (Å²) in [5.41, 5.74) is -0.171. The van der Waals surface area contributed by atoms with Gasteiger partial charge in [0.15, 0.2) is 0 Å². The molecule has 0 aromatic heterocycles. The number of carboxylic acids is 1. The zero-order chi connectivity index (χ0) is 11.6. The van der Waals surface area contributed by atoms with E-state index in [2.05, 4.69) is 15.9 Å². The Bertz CT molecular complexity index is 435. The van der Waals surface area contributed by atoms with Gasteiger partial charge < -0.3 is 5.11 Å². The Hall–Kier alpha value is -1.14. The Morgan fingerprint density at radius 3 is 2.60 bits per heavy atom. The summed E-state index contributed by atoms with van der Waals surface area (Å²) in [6.45, 7) is 0. The van der Waals surface area contributed by atoms with Gasteiger partial charge in [-0.3, -0.25) is 10.1 Å². The van der Waals surface area contributed by atoms with Crippen LogP contribution in [0, 0.1) is 10.1 Å². The molecule has 0 spiro atoms. The summed E-state index contributed by atoms with van der Waals surface area (Å²) in [6.07, 6.45) is 0. The molecule has 0 aliphatic rings. The summed E-state index contributed by atoms with van der Waals surface area (Å²) in [5.74, 6) is -1.29. The van der Waals surface area contributed by atoms with Crippen LogP contribution in [0.2, 0.25) is 5.02 Å². The molecule has 0 heterocycles. The van der Waals surface area contributed by atoms with E-state index in [0.29, 0.717) is 5.56 Å². The van der Waals surface area contributed by atoms with Crippen molar-refractivity contribution in [1.82, 2.24) is 0 Å². The third kappa shape index (κ3) is 2.45. The molecule has 5 nitrogen and oxygen atoms in total. The standard InChI is InChI=1S/C8H5BrClNO4/c9-3-4-1-5(11(14)15)2-6(7(4)10)8(12)13/h1-2H,3H2,(H,12,13). The number of hydrogen-bond donors (Lipinski definition) is 1. The van der Waals surface area contributed by atoms with Crippen molar-refractivity contribution in [2.45, 2.75) is 5.33 Å². The molecule has 0 atom stereocenters. The van der Waals surface area contributed by atoms with E-state index < -0.39 is 10.9 Å². The average Bonchev–Trinajstić information content (AvgIpc) is 2.17. The van der Waals surface area contributed by atoms with E-state index in [-0.39, 0.29) is 21.6 Å². The van der Waals surface area contributed by atoms with Crippen molar-refractivity contribution >= 4 is 39.2 Å². The second-order valence-electron chi connectivity index (χ2n) is 2.66. The normalized spacial score (nSPS) is 10.0. The summed E-state index contributed by atoms with van der Waals surface area (Å²) in [4.78, 5) is 20.6. The highest BCUT2D eigenvalue weighted by molar-refractivity contribution is 9.08. The Labute approximate surface area is 97.9 Å². The van der Waals surface area contributed by atoms with E-state index in [9.17, 15) is 14.9 Å². The SMILES string of the molecule is O=C(O)c1cc([N+](=O)[O-])cc(CBr)c1Cl. The molecule has 1 N–H and O–H groups in total. The fourth-order valence-electron chi connectivity index (χ4n) is 1.03. The van der Waals surface area contributed by atoms with Crippen LogP contribution < -0.4 is 0 Å². The first-order chi connectivity index (χ1) is 6.97. The maximum atomic E-state index is 10.7. The monoisotopic (exact) mass is 293 g/mol. The van der Waals surface area contributed by atoms with E-state index in [1.54, 1.807) is 0 Å². The van der Waals surface area contributed by atoms with E-state index in [1.165, 1.54) is 6.07 Å². The molecule has 0 aliphatic heterocycles. The minimum absolute atomic E-state index is 0.0185. The van der Waals surface area contributed by atoms with Gasteiger partial charge in [0.05, 0.1) is 15.5 Å². The topological polar surface area (TPSA) is 80.4 Å². The van der Waals surface area contributed by atoms with E-state index >= 15 is 0 Å². The van der Waals surface area contributed by atoms with Crippen molar-refractivity contribution in [3.8, 4) is 0 Å². The number of nitrogens with zero attached hydrogens (tertiary/aromatic N) is 1. The molecule has 0 saturated heterocycles. The quantitative estimate of drug-likeness (QED) is 0.528. The molecule has 0 fully saturated rings. The molecule has 0 aliphatic carbocycles. The van der Waals surface area contributed by atoms with Crippen molar-refractivity contribution in [2.24, 2.45) is 0 Å². The van der Waals surface area contributed by atoms with Gasteiger partial charge in [-0.05, 0) is 5.56 Å². The van der Waals surface area contributed by atoms with E-state index in [4.69, 9.17) is 16.7 Å². The van der Waals surface area contributed by atoms with Crippen LogP contribution in [0.4, 0.5) is 5.69 Å². The lowest BCUT2D eigenvalue weighted by molar-refractivity contribution is -0.384. The highest BCUT2D eigenvalue weighted by Crippen LogP contribution is 2.28. The largest absolute Gasteiger partial charge is 0.478 e. The van der Waals surface area contributed by atoms with Gasteiger partial charge in [-0.2, -0.15) is 0 Å². The summed E-state index contributed by atoms with van der Waals surface area (Å²) in [7, 11) is 0. The number of carboxylic acid groups (broad SMARTS) is 1. The second kappa shape index (κ2) is 4.59. The van der Waals surface area contributed by atoms with Crippen LogP contribution in [0.15, 0.2) is 12.1 Å². The number of alkyl halides is 1. The van der Waals surface area contributed by atoms with E-state index in [1.807, 2.05) is 0 Å². The van der Waals surface area contributed by atoms with Gasteiger partial charge in [-0.15, -0.1) is 0 Å². The van der Waals surface area contributed by atoms with Crippen LogP contribution in [0.3, 0.4) is 0 Å². The van der Waals surface area contributed by atoms with Crippen molar-refractivity contribution in [2.75, 3.05) is 0 Å². The Morgan fingerprint density at radius 2 is 2.20 bits per heavy atom. The second-order valence-corrected chi connectivity index (χ2v) is 3.60. The van der Waals surface area contributed by atoms with Crippen LogP contribution in [0.1, 0.15) is 15.9 Å². The maximum absolute atomic E-state index is 10.7. The number of non-ortho nitro benzene ring substituents is 1. The number of halogens is 2. The van der Waals surface area contributed by atoms with Crippen LogP contribution in [0.5, 0.6) is 0 Å².